The van der Waals surface area contributed by atoms with Crippen molar-refractivity contribution < 1.29 is 14.3 Å². The first kappa shape index (κ1) is 16.2. The van der Waals surface area contributed by atoms with E-state index in [4.69, 9.17) is 9.47 Å². The lowest BCUT2D eigenvalue weighted by Gasteiger charge is -2.34. The van der Waals surface area contributed by atoms with Gasteiger partial charge in [0.2, 0.25) is 5.91 Å². The Morgan fingerprint density at radius 1 is 1.30 bits per heavy atom. The Bertz CT molecular complexity index is 602. The zero-order valence-electron chi connectivity index (χ0n) is 14.1. The number of carbonyl (C=O) groups excluding carboxylic acids is 1. The van der Waals surface area contributed by atoms with Crippen LogP contribution in [0.2, 0.25) is 0 Å². The van der Waals surface area contributed by atoms with Crippen molar-refractivity contribution >= 4 is 12.0 Å². The molecule has 2 aliphatic heterocycles. The predicted molar refractivity (Wildman–Crippen MR) is 86.7 cm³/mol. The maximum absolute atomic E-state index is 12.5. The van der Waals surface area contributed by atoms with Crippen LogP contribution in [-0.4, -0.2) is 53.2 Å². The van der Waals surface area contributed by atoms with Crippen LogP contribution < -0.4 is 0 Å². The molecule has 2 saturated heterocycles. The molecule has 2 fully saturated rings. The molecule has 0 N–H and O–H groups in total. The molecule has 0 aliphatic carbocycles. The maximum Gasteiger partial charge on any atom is 0.246 e. The Hall–Kier alpha value is -1.66. The van der Waals surface area contributed by atoms with Crippen molar-refractivity contribution in [2.75, 3.05) is 26.3 Å². The minimum Gasteiger partial charge on any atom is -0.350 e. The number of carbonyl (C=O) groups is 1. The number of aryl methyl sites for hydroxylation is 2. The van der Waals surface area contributed by atoms with Crippen LogP contribution >= 0.6 is 0 Å². The normalized spacial score (nSPS) is 23.1. The Morgan fingerprint density at radius 2 is 2.04 bits per heavy atom. The van der Waals surface area contributed by atoms with Crippen LogP contribution in [0.4, 0.5) is 0 Å². The quantitative estimate of drug-likeness (QED) is 0.795. The van der Waals surface area contributed by atoms with Gasteiger partial charge in [0.1, 0.15) is 0 Å². The summed E-state index contributed by atoms with van der Waals surface area (Å²) < 4.78 is 13.0. The van der Waals surface area contributed by atoms with Gasteiger partial charge in [0.15, 0.2) is 6.29 Å². The fourth-order valence-corrected chi connectivity index (χ4v) is 3.37. The van der Waals surface area contributed by atoms with Crippen molar-refractivity contribution in [2.24, 2.45) is 13.0 Å². The van der Waals surface area contributed by atoms with E-state index in [2.05, 4.69) is 5.10 Å². The fraction of sp³-hybridized carbons (Fsp3) is 0.647. The first-order valence-electron chi connectivity index (χ1n) is 8.26. The van der Waals surface area contributed by atoms with Crippen molar-refractivity contribution in [3.05, 3.63) is 23.0 Å². The lowest BCUT2D eigenvalue weighted by molar-refractivity contribution is -0.134. The largest absolute Gasteiger partial charge is 0.350 e. The number of piperidine rings is 1. The van der Waals surface area contributed by atoms with Gasteiger partial charge in [-0.2, -0.15) is 5.10 Å². The van der Waals surface area contributed by atoms with E-state index in [0.29, 0.717) is 19.8 Å². The first-order chi connectivity index (χ1) is 11.1. The lowest BCUT2D eigenvalue weighted by Crippen LogP contribution is -2.43. The Morgan fingerprint density at radius 3 is 2.70 bits per heavy atom. The SMILES string of the molecule is Cc1nn(C)c(C)c1/C=C/C(=O)N1CCCC(C2OCCO2)C1. The zero-order chi connectivity index (χ0) is 16.4. The smallest absolute Gasteiger partial charge is 0.246 e. The summed E-state index contributed by atoms with van der Waals surface area (Å²) in [6.07, 6.45) is 5.46. The second-order valence-corrected chi connectivity index (χ2v) is 6.34. The molecule has 1 atom stereocenters. The average Bonchev–Trinajstić information content (AvgIpc) is 3.16. The van der Waals surface area contributed by atoms with Gasteiger partial charge >= 0.3 is 0 Å². The molecule has 0 bridgehead atoms. The predicted octanol–water partition coefficient (Wildman–Crippen LogP) is 1.66. The van der Waals surface area contributed by atoms with E-state index in [9.17, 15) is 4.79 Å². The summed E-state index contributed by atoms with van der Waals surface area (Å²) in [5.74, 6) is 0.334. The summed E-state index contributed by atoms with van der Waals surface area (Å²) in [5, 5.41) is 4.37. The van der Waals surface area contributed by atoms with Gasteiger partial charge < -0.3 is 14.4 Å². The van der Waals surface area contributed by atoms with Gasteiger partial charge in [-0.05, 0) is 32.8 Å². The number of amides is 1. The highest BCUT2D eigenvalue weighted by atomic mass is 16.7. The Kier molecular flexibility index (Phi) is 4.82. The maximum atomic E-state index is 12.5. The molecule has 0 aromatic carbocycles. The van der Waals surface area contributed by atoms with Crippen LogP contribution in [-0.2, 0) is 21.3 Å². The number of ether oxygens (including phenoxy) is 2. The van der Waals surface area contributed by atoms with Crippen LogP contribution in [0.3, 0.4) is 0 Å². The second-order valence-electron chi connectivity index (χ2n) is 6.34. The third kappa shape index (κ3) is 3.48. The zero-order valence-corrected chi connectivity index (χ0v) is 14.1. The molecule has 3 heterocycles. The third-order valence-corrected chi connectivity index (χ3v) is 4.76. The summed E-state index contributed by atoms with van der Waals surface area (Å²) in [7, 11) is 1.92. The summed E-state index contributed by atoms with van der Waals surface area (Å²) in [6.45, 7) is 6.80. The molecular weight excluding hydrogens is 294 g/mol. The van der Waals surface area contributed by atoms with E-state index in [0.717, 1.165) is 36.3 Å². The molecule has 0 saturated carbocycles. The fourth-order valence-electron chi connectivity index (χ4n) is 3.37. The third-order valence-electron chi connectivity index (χ3n) is 4.76. The Balaban J connectivity index is 1.64. The first-order valence-corrected chi connectivity index (χ1v) is 8.26. The summed E-state index contributed by atoms with van der Waals surface area (Å²) in [5.41, 5.74) is 3.03. The van der Waals surface area contributed by atoms with E-state index in [-0.39, 0.29) is 18.1 Å². The molecule has 23 heavy (non-hydrogen) atoms. The van der Waals surface area contributed by atoms with Gasteiger partial charge in [0.25, 0.3) is 0 Å². The van der Waals surface area contributed by atoms with Crippen LogP contribution in [0.15, 0.2) is 6.08 Å². The molecule has 1 aromatic rings. The summed E-state index contributed by atoms with van der Waals surface area (Å²) in [4.78, 5) is 14.4. The van der Waals surface area contributed by atoms with Gasteiger partial charge in [-0.25, -0.2) is 0 Å². The van der Waals surface area contributed by atoms with Crippen LogP contribution in [0.5, 0.6) is 0 Å². The summed E-state index contributed by atoms with van der Waals surface area (Å²) >= 11 is 0. The highest BCUT2D eigenvalue weighted by Crippen LogP contribution is 2.25. The average molecular weight is 319 g/mol. The van der Waals surface area contributed by atoms with Gasteiger partial charge in [-0.15, -0.1) is 0 Å². The number of aromatic nitrogens is 2. The van der Waals surface area contributed by atoms with E-state index in [1.165, 1.54) is 0 Å². The minimum atomic E-state index is -0.141. The van der Waals surface area contributed by atoms with Gasteiger partial charge in [0.05, 0.1) is 18.9 Å². The van der Waals surface area contributed by atoms with Crippen molar-refractivity contribution in [1.82, 2.24) is 14.7 Å². The van der Waals surface area contributed by atoms with E-state index >= 15 is 0 Å². The monoisotopic (exact) mass is 319 g/mol. The number of likely N-dealkylation sites (tertiary alicyclic amines) is 1. The van der Waals surface area contributed by atoms with Crippen molar-refractivity contribution in [3.63, 3.8) is 0 Å². The van der Waals surface area contributed by atoms with Crippen molar-refractivity contribution in [3.8, 4) is 0 Å². The molecular formula is C17H25N3O3. The topological polar surface area (TPSA) is 56.6 Å². The highest BCUT2D eigenvalue weighted by Gasteiger charge is 2.32. The number of hydrogen-bond donors (Lipinski definition) is 0. The molecule has 1 aromatic heterocycles. The Labute approximate surface area is 137 Å². The van der Waals surface area contributed by atoms with Crippen LogP contribution in [0.1, 0.15) is 29.8 Å². The molecule has 126 valence electrons. The molecule has 3 rings (SSSR count). The lowest BCUT2D eigenvalue weighted by atomic mass is 9.97. The van der Waals surface area contributed by atoms with Crippen molar-refractivity contribution in [1.29, 1.82) is 0 Å². The minimum absolute atomic E-state index is 0.0513. The molecule has 6 heteroatoms. The van der Waals surface area contributed by atoms with Gasteiger partial charge in [-0.3, -0.25) is 9.48 Å². The van der Waals surface area contributed by atoms with Gasteiger partial charge in [-0.1, -0.05) is 0 Å². The van der Waals surface area contributed by atoms with E-state index in [1.807, 2.05) is 36.6 Å². The number of nitrogens with zero attached hydrogens (tertiary/aromatic N) is 3. The number of hydrogen-bond acceptors (Lipinski definition) is 4. The van der Waals surface area contributed by atoms with Gasteiger partial charge in [0, 0.05) is 43.4 Å². The molecule has 1 amide bonds. The van der Waals surface area contributed by atoms with E-state index < -0.39 is 0 Å². The molecule has 2 aliphatic rings. The van der Waals surface area contributed by atoms with Crippen molar-refractivity contribution in [2.45, 2.75) is 33.0 Å². The molecule has 0 spiro atoms. The number of rotatable bonds is 3. The highest BCUT2D eigenvalue weighted by molar-refractivity contribution is 5.92. The van der Waals surface area contributed by atoms with E-state index in [1.54, 1.807) is 6.08 Å². The second kappa shape index (κ2) is 6.84. The molecule has 0 radical (unpaired) electrons. The molecule has 1 unspecified atom stereocenters. The van der Waals surface area contributed by atoms with Crippen LogP contribution in [0, 0.1) is 19.8 Å². The summed E-state index contributed by atoms with van der Waals surface area (Å²) in [6, 6.07) is 0. The van der Waals surface area contributed by atoms with Crippen LogP contribution in [0.25, 0.3) is 6.08 Å². The molecule has 6 nitrogen and oxygen atoms in total. The standard InChI is InChI=1S/C17H25N3O3/c1-12-15(13(2)19(3)18-12)6-7-16(21)20-8-4-5-14(11-20)17-22-9-10-23-17/h6-7,14,17H,4-5,8-11H2,1-3H3/b7-6+.